The Balaban J connectivity index is 1.70. The third-order valence-electron chi connectivity index (χ3n) is 4.47. The van der Waals surface area contributed by atoms with Gasteiger partial charge in [0.15, 0.2) is 0 Å². The smallest absolute Gasteiger partial charge is 0.108 e. The molecule has 0 aromatic heterocycles. The van der Waals surface area contributed by atoms with Crippen LogP contribution in [0.3, 0.4) is 0 Å². The lowest BCUT2D eigenvalue weighted by atomic mass is 10.00. The summed E-state index contributed by atoms with van der Waals surface area (Å²) >= 11 is 5.84. The Kier molecular flexibility index (Phi) is 6.09. The van der Waals surface area contributed by atoms with Crippen molar-refractivity contribution >= 4 is 11.6 Å². The zero-order valence-electron chi connectivity index (χ0n) is 13.4. The fraction of sp³-hybridized carbons (Fsp3) is 0.400. The highest BCUT2D eigenvalue weighted by Crippen LogP contribution is 2.29. The van der Waals surface area contributed by atoms with E-state index >= 15 is 0 Å². The first-order valence-corrected chi connectivity index (χ1v) is 8.94. The summed E-state index contributed by atoms with van der Waals surface area (Å²) in [6.07, 6.45) is 2.48. The van der Waals surface area contributed by atoms with Crippen LogP contribution in [0, 0.1) is 0 Å². The number of piperidine rings is 1. The third kappa shape index (κ3) is 4.57. The minimum absolute atomic E-state index is 0.0157. The van der Waals surface area contributed by atoms with Crippen LogP contribution in [0.15, 0.2) is 60.7 Å². The molecule has 122 valence electrons. The average molecular weight is 330 g/mol. The molecule has 0 aliphatic carbocycles. The highest BCUT2D eigenvalue weighted by molar-refractivity contribution is 6.18. The first-order valence-electron chi connectivity index (χ1n) is 8.40. The highest BCUT2D eigenvalue weighted by Gasteiger charge is 2.24. The van der Waals surface area contributed by atoms with Crippen molar-refractivity contribution in [1.82, 2.24) is 4.90 Å². The monoisotopic (exact) mass is 329 g/mol. The van der Waals surface area contributed by atoms with Gasteiger partial charge in [-0.1, -0.05) is 60.7 Å². The number of alkyl halides is 1. The van der Waals surface area contributed by atoms with E-state index in [0.717, 1.165) is 32.5 Å². The molecule has 1 heterocycles. The maximum Gasteiger partial charge on any atom is 0.108 e. The predicted molar refractivity (Wildman–Crippen MR) is 96.0 cm³/mol. The Morgan fingerprint density at radius 3 is 1.91 bits per heavy atom. The zero-order chi connectivity index (χ0) is 15.9. The van der Waals surface area contributed by atoms with Crippen molar-refractivity contribution in [2.75, 3.05) is 25.5 Å². The molecule has 1 fully saturated rings. The Morgan fingerprint density at radius 1 is 0.913 bits per heavy atom. The Hall–Kier alpha value is -1.35. The Bertz CT molecular complexity index is 527. The molecule has 2 aromatic carbocycles. The molecule has 0 atom stereocenters. The van der Waals surface area contributed by atoms with Crippen molar-refractivity contribution < 1.29 is 4.74 Å². The van der Waals surface area contributed by atoms with Crippen LogP contribution < -0.4 is 0 Å². The molecule has 0 spiro atoms. The zero-order valence-corrected chi connectivity index (χ0v) is 14.2. The van der Waals surface area contributed by atoms with Crippen molar-refractivity contribution in [3.05, 3.63) is 71.8 Å². The van der Waals surface area contributed by atoms with Crippen LogP contribution in [0.2, 0.25) is 0 Å². The normalized spacial score (nSPS) is 16.8. The second-order valence-corrected chi connectivity index (χ2v) is 6.45. The number of likely N-dealkylation sites (tertiary alicyclic amines) is 1. The molecule has 3 heteroatoms. The van der Waals surface area contributed by atoms with E-state index in [2.05, 4.69) is 65.6 Å². The number of hydrogen-bond acceptors (Lipinski definition) is 2. The van der Waals surface area contributed by atoms with E-state index in [-0.39, 0.29) is 6.10 Å². The molecule has 2 nitrogen and oxygen atoms in total. The van der Waals surface area contributed by atoms with E-state index in [0.29, 0.717) is 12.0 Å². The minimum Gasteiger partial charge on any atom is -0.365 e. The molecule has 0 N–H and O–H groups in total. The van der Waals surface area contributed by atoms with Gasteiger partial charge in [-0.05, 0) is 24.0 Å². The summed E-state index contributed by atoms with van der Waals surface area (Å²) in [7, 11) is 0. The topological polar surface area (TPSA) is 12.5 Å². The van der Waals surface area contributed by atoms with Gasteiger partial charge in [-0.25, -0.2) is 0 Å². The van der Waals surface area contributed by atoms with Gasteiger partial charge in [0, 0.05) is 25.5 Å². The molecule has 3 rings (SSSR count). The van der Waals surface area contributed by atoms with Crippen LogP contribution in [-0.4, -0.2) is 36.5 Å². The molecule has 1 aliphatic rings. The molecule has 1 saturated heterocycles. The van der Waals surface area contributed by atoms with Crippen LogP contribution in [0.4, 0.5) is 0 Å². The van der Waals surface area contributed by atoms with Gasteiger partial charge in [-0.15, -0.1) is 11.6 Å². The number of benzene rings is 2. The summed E-state index contributed by atoms with van der Waals surface area (Å²) in [4.78, 5) is 2.42. The molecular formula is C20H24ClNO. The second kappa shape index (κ2) is 8.49. The summed E-state index contributed by atoms with van der Waals surface area (Å²) in [5.41, 5.74) is 2.45. The SMILES string of the molecule is ClCCN1CCC(OC(c2ccccc2)c2ccccc2)CC1. The second-order valence-electron chi connectivity index (χ2n) is 6.07. The number of ether oxygens (including phenoxy) is 1. The van der Waals surface area contributed by atoms with Gasteiger partial charge < -0.3 is 9.64 Å². The molecule has 0 bridgehead atoms. The standard InChI is InChI=1S/C20H24ClNO/c21-13-16-22-14-11-19(12-15-22)23-20(17-7-3-1-4-8-17)18-9-5-2-6-10-18/h1-10,19-20H,11-16H2. The van der Waals surface area contributed by atoms with Gasteiger partial charge in [0.2, 0.25) is 0 Å². The molecule has 23 heavy (non-hydrogen) atoms. The Morgan fingerprint density at radius 2 is 1.43 bits per heavy atom. The lowest BCUT2D eigenvalue weighted by Crippen LogP contribution is -2.38. The summed E-state index contributed by atoms with van der Waals surface area (Å²) < 4.78 is 6.53. The summed E-state index contributed by atoms with van der Waals surface area (Å²) in [6, 6.07) is 21.0. The van der Waals surface area contributed by atoms with Crippen LogP contribution in [0.25, 0.3) is 0 Å². The average Bonchev–Trinajstić information content (AvgIpc) is 2.63. The van der Waals surface area contributed by atoms with Gasteiger partial charge in [0.1, 0.15) is 6.10 Å². The quantitative estimate of drug-likeness (QED) is 0.724. The molecule has 0 amide bonds. The van der Waals surface area contributed by atoms with Crippen molar-refractivity contribution in [2.24, 2.45) is 0 Å². The fourth-order valence-electron chi connectivity index (χ4n) is 3.19. The van der Waals surface area contributed by atoms with E-state index in [1.54, 1.807) is 0 Å². The van der Waals surface area contributed by atoms with Crippen molar-refractivity contribution in [3.8, 4) is 0 Å². The minimum atomic E-state index is 0.0157. The first kappa shape index (κ1) is 16.5. The van der Waals surface area contributed by atoms with E-state index in [9.17, 15) is 0 Å². The lowest BCUT2D eigenvalue weighted by molar-refractivity contribution is -0.0261. The highest BCUT2D eigenvalue weighted by atomic mass is 35.5. The van der Waals surface area contributed by atoms with Crippen molar-refractivity contribution in [3.63, 3.8) is 0 Å². The van der Waals surface area contributed by atoms with Gasteiger partial charge >= 0.3 is 0 Å². The van der Waals surface area contributed by atoms with E-state index in [4.69, 9.17) is 16.3 Å². The number of nitrogens with zero attached hydrogens (tertiary/aromatic N) is 1. The number of hydrogen-bond donors (Lipinski definition) is 0. The molecular weight excluding hydrogens is 306 g/mol. The predicted octanol–water partition coefficient (Wildman–Crippen LogP) is 4.50. The number of rotatable bonds is 6. The van der Waals surface area contributed by atoms with Crippen LogP contribution >= 0.6 is 11.6 Å². The Labute approximate surface area is 144 Å². The first-order chi connectivity index (χ1) is 11.4. The van der Waals surface area contributed by atoms with Crippen LogP contribution in [0.1, 0.15) is 30.1 Å². The largest absolute Gasteiger partial charge is 0.365 e. The fourth-order valence-corrected chi connectivity index (χ4v) is 3.43. The van der Waals surface area contributed by atoms with Gasteiger partial charge in [0.25, 0.3) is 0 Å². The third-order valence-corrected chi connectivity index (χ3v) is 4.64. The molecule has 1 aliphatic heterocycles. The van der Waals surface area contributed by atoms with E-state index in [1.165, 1.54) is 11.1 Å². The van der Waals surface area contributed by atoms with Gasteiger partial charge in [-0.2, -0.15) is 0 Å². The van der Waals surface area contributed by atoms with Crippen LogP contribution in [0.5, 0.6) is 0 Å². The lowest BCUT2D eigenvalue weighted by Gasteiger charge is -2.34. The molecule has 0 saturated carbocycles. The van der Waals surface area contributed by atoms with Gasteiger partial charge in [-0.3, -0.25) is 0 Å². The summed E-state index contributed by atoms with van der Waals surface area (Å²) in [5, 5.41) is 0. The summed E-state index contributed by atoms with van der Waals surface area (Å²) in [6.45, 7) is 3.14. The number of halogens is 1. The van der Waals surface area contributed by atoms with Crippen molar-refractivity contribution in [2.45, 2.75) is 25.0 Å². The summed E-state index contributed by atoms with van der Waals surface area (Å²) in [5.74, 6) is 0.710. The maximum atomic E-state index is 6.53. The van der Waals surface area contributed by atoms with E-state index in [1.807, 2.05) is 0 Å². The van der Waals surface area contributed by atoms with Crippen LogP contribution in [-0.2, 0) is 4.74 Å². The van der Waals surface area contributed by atoms with Gasteiger partial charge in [0.05, 0.1) is 6.10 Å². The molecule has 2 aromatic rings. The van der Waals surface area contributed by atoms with E-state index < -0.39 is 0 Å². The molecule has 0 radical (unpaired) electrons. The molecule has 0 unspecified atom stereocenters. The maximum absolute atomic E-state index is 6.53. The van der Waals surface area contributed by atoms with Crippen molar-refractivity contribution in [1.29, 1.82) is 0 Å².